The molecule has 1 aromatic carbocycles. The molecule has 1 heterocycles. The summed E-state index contributed by atoms with van der Waals surface area (Å²) in [5, 5.41) is 1.37. The van der Waals surface area contributed by atoms with Gasteiger partial charge < -0.3 is 4.90 Å². The fourth-order valence-electron chi connectivity index (χ4n) is 3.68. The van der Waals surface area contributed by atoms with Crippen molar-refractivity contribution in [3.05, 3.63) is 33.8 Å². The molecule has 1 saturated carbocycles. The number of halogens is 2. The van der Waals surface area contributed by atoms with Crippen molar-refractivity contribution in [3.63, 3.8) is 0 Å². The van der Waals surface area contributed by atoms with Crippen LogP contribution in [0.4, 0.5) is 0 Å². The van der Waals surface area contributed by atoms with Crippen LogP contribution in [-0.4, -0.2) is 25.0 Å². The molecule has 2 aliphatic rings. The topological polar surface area (TPSA) is 3.24 Å². The third-order valence-electron chi connectivity index (χ3n) is 4.91. The number of hydrogen-bond donors (Lipinski definition) is 0. The Kier molecular flexibility index (Phi) is 3.34. The van der Waals surface area contributed by atoms with Crippen molar-refractivity contribution >= 4 is 23.2 Å². The minimum atomic E-state index is 0.374. The summed E-state index contributed by atoms with van der Waals surface area (Å²) in [7, 11) is 2.22. The molecule has 0 bridgehead atoms. The van der Waals surface area contributed by atoms with Gasteiger partial charge in [0.25, 0.3) is 0 Å². The predicted molar refractivity (Wildman–Crippen MR) is 77.6 cm³/mol. The molecule has 2 fully saturated rings. The maximum Gasteiger partial charge on any atom is 0.0595 e. The molecular formula is C15H19Cl2N. The first-order chi connectivity index (χ1) is 8.62. The van der Waals surface area contributed by atoms with Gasteiger partial charge in [-0.15, -0.1) is 0 Å². The van der Waals surface area contributed by atoms with Gasteiger partial charge in [0.1, 0.15) is 0 Å². The lowest BCUT2D eigenvalue weighted by Crippen LogP contribution is -2.42. The van der Waals surface area contributed by atoms with Crippen LogP contribution in [0, 0.1) is 5.92 Å². The maximum absolute atomic E-state index is 6.19. The predicted octanol–water partition coefficient (Wildman–Crippen LogP) is 4.37. The van der Waals surface area contributed by atoms with Gasteiger partial charge in [0.15, 0.2) is 0 Å². The summed E-state index contributed by atoms with van der Waals surface area (Å²) in [6.45, 7) is 2.45. The van der Waals surface area contributed by atoms with Crippen molar-refractivity contribution < 1.29 is 0 Å². The molecule has 0 aromatic heterocycles. The van der Waals surface area contributed by atoms with E-state index < -0.39 is 0 Å². The molecule has 1 aliphatic carbocycles. The number of benzene rings is 1. The molecule has 0 radical (unpaired) electrons. The minimum Gasteiger partial charge on any atom is -0.306 e. The maximum atomic E-state index is 6.19. The van der Waals surface area contributed by atoms with E-state index in [1.165, 1.54) is 44.3 Å². The second kappa shape index (κ2) is 4.70. The zero-order chi connectivity index (χ0) is 12.8. The number of nitrogens with zero attached hydrogens (tertiary/aromatic N) is 1. The lowest BCUT2D eigenvalue weighted by atomic mass is 9.57. The van der Waals surface area contributed by atoms with Crippen LogP contribution in [0.2, 0.25) is 10.0 Å². The van der Waals surface area contributed by atoms with Gasteiger partial charge in [-0.1, -0.05) is 35.7 Å². The van der Waals surface area contributed by atoms with Crippen molar-refractivity contribution in [2.24, 2.45) is 5.92 Å². The van der Waals surface area contributed by atoms with Gasteiger partial charge in [-0.3, -0.25) is 0 Å². The normalized spacial score (nSPS) is 27.2. The third kappa shape index (κ3) is 1.97. The molecule has 0 spiro atoms. The van der Waals surface area contributed by atoms with E-state index >= 15 is 0 Å². The Labute approximate surface area is 119 Å². The molecule has 1 aliphatic heterocycles. The third-order valence-corrected chi connectivity index (χ3v) is 5.65. The van der Waals surface area contributed by atoms with Crippen molar-refractivity contribution in [1.29, 1.82) is 0 Å². The van der Waals surface area contributed by atoms with Crippen LogP contribution in [0.5, 0.6) is 0 Å². The quantitative estimate of drug-likeness (QED) is 0.779. The molecule has 18 heavy (non-hydrogen) atoms. The average Bonchev–Trinajstić information content (AvgIpc) is 2.69. The molecule has 3 rings (SSSR count). The summed E-state index contributed by atoms with van der Waals surface area (Å²) >= 11 is 12.2. The first-order valence-corrected chi connectivity index (χ1v) is 7.51. The molecule has 1 unspecified atom stereocenters. The van der Waals surface area contributed by atoms with E-state index in [9.17, 15) is 0 Å². The summed E-state index contributed by atoms with van der Waals surface area (Å²) in [5.41, 5.74) is 1.78. The fraction of sp³-hybridized carbons (Fsp3) is 0.600. The van der Waals surface area contributed by atoms with Crippen molar-refractivity contribution in [3.8, 4) is 0 Å². The largest absolute Gasteiger partial charge is 0.306 e. The van der Waals surface area contributed by atoms with Gasteiger partial charge in [0, 0.05) is 6.54 Å². The Balaban J connectivity index is 1.93. The summed E-state index contributed by atoms with van der Waals surface area (Å²) in [6, 6.07) is 6.24. The Bertz CT molecular complexity index is 454. The van der Waals surface area contributed by atoms with Crippen molar-refractivity contribution in [2.75, 3.05) is 20.1 Å². The number of hydrogen-bond acceptors (Lipinski definition) is 1. The first kappa shape index (κ1) is 12.8. The molecular weight excluding hydrogens is 265 g/mol. The number of rotatable bonds is 2. The smallest absolute Gasteiger partial charge is 0.0595 e. The van der Waals surface area contributed by atoms with Crippen LogP contribution >= 0.6 is 23.2 Å². The van der Waals surface area contributed by atoms with Gasteiger partial charge in [0.2, 0.25) is 0 Å². The molecule has 3 heteroatoms. The van der Waals surface area contributed by atoms with Crippen LogP contribution in [0.1, 0.15) is 31.2 Å². The number of likely N-dealkylation sites (tertiary alicyclic amines) is 1. The molecule has 1 aromatic rings. The highest BCUT2D eigenvalue weighted by Gasteiger charge is 2.47. The lowest BCUT2D eigenvalue weighted by Gasteiger charge is -2.47. The Morgan fingerprint density at radius 3 is 2.50 bits per heavy atom. The first-order valence-electron chi connectivity index (χ1n) is 6.76. The van der Waals surface area contributed by atoms with Gasteiger partial charge >= 0.3 is 0 Å². The summed E-state index contributed by atoms with van der Waals surface area (Å²) in [4.78, 5) is 2.45. The van der Waals surface area contributed by atoms with Crippen LogP contribution < -0.4 is 0 Å². The highest BCUT2D eigenvalue weighted by molar-refractivity contribution is 6.42. The highest BCUT2D eigenvalue weighted by atomic mass is 35.5. The Morgan fingerprint density at radius 1 is 1.22 bits per heavy atom. The zero-order valence-electron chi connectivity index (χ0n) is 10.8. The standard InChI is InChI=1S/C15H19Cl2N/c1-18-8-5-12(10-18)15(6-2-7-15)11-3-4-13(16)14(17)9-11/h3-4,9,12H,2,5-8,10H2,1H3. The Morgan fingerprint density at radius 2 is 2.00 bits per heavy atom. The van der Waals surface area contributed by atoms with Crippen molar-refractivity contribution in [1.82, 2.24) is 4.90 Å². The van der Waals surface area contributed by atoms with Gasteiger partial charge in [-0.2, -0.15) is 0 Å². The summed E-state index contributed by atoms with van der Waals surface area (Å²) in [5.74, 6) is 0.786. The zero-order valence-corrected chi connectivity index (χ0v) is 12.3. The van der Waals surface area contributed by atoms with Crippen LogP contribution in [0.3, 0.4) is 0 Å². The molecule has 98 valence electrons. The van der Waals surface area contributed by atoms with Crippen LogP contribution in [0.25, 0.3) is 0 Å². The van der Waals surface area contributed by atoms with Gasteiger partial charge in [-0.05, 0) is 61.9 Å². The second-order valence-corrected chi connectivity index (χ2v) is 6.70. The highest BCUT2D eigenvalue weighted by Crippen LogP contribution is 2.52. The van der Waals surface area contributed by atoms with Crippen LogP contribution in [-0.2, 0) is 5.41 Å². The van der Waals surface area contributed by atoms with E-state index in [-0.39, 0.29) is 0 Å². The van der Waals surface area contributed by atoms with Gasteiger partial charge in [-0.25, -0.2) is 0 Å². The molecule has 1 saturated heterocycles. The van der Waals surface area contributed by atoms with Crippen molar-refractivity contribution in [2.45, 2.75) is 31.1 Å². The summed E-state index contributed by atoms with van der Waals surface area (Å²) < 4.78 is 0. The molecule has 0 N–H and O–H groups in total. The van der Waals surface area contributed by atoms with Crippen LogP contribution in [0.15, 0.2) is 18.2 Å². The molecule has 1 atom stereocenters. The summed E-state index contributed by atoms with van der Waals surface area (Å²) in [6.07, 6.45) is 5.28. The average molecular weight is 284 g/mol. The second-order valence-electron chi connectivity index (χ2n) is 5.89. The van der Waals surface area contributed by atoms with E-state index in [1.54, 1.807) is 0 Å². The van der Waals surface area contributed by atoms with E-state index in [0.717, 1.165) is 5.92 Å². The van der Waals surface area contributed by atoms with Gasteiger partial charge in [0.05, 0.1) is 10.0 Å². The van der Waals surface area contributed by atoms with E-state index in [0.29, 0.717) is 15.5 Å². The molecule has 1 nitrogen and oxygen atoms in total. The molecule has 0 amide bonds. The SMILES string of the molecule is CN1CCC(C2(c3ccc(Cl)c(Cl)c3)CCC2)C1. The monoisotopic (exact) mass is 283 g/mol. The van der Waals surface area contributed by atoms with E-state index in [2.05, 4.69) is 24.1 Å². The minimum absolute atomic E-state index is 0.374. The Hall–Kier alpha value is -0.240. The van der Waals surface area contributed by atoms with E-state index in [4.69, 9.17) is 23.2 Å². The van der Waals surface area contributed by atoms with E-state index in [1.807, 2.05) is 6.07 Å². The lowest BCUT2D eigenvalue weighted by molar-refractivity contribution is 0.148. The fourth-order valence-corrected chi connectivity index (χ4v) is 3.98.